The van der Waals surface area contributed by atoms with E-state index < -0.39 is 0 Å². The van der Waals surface area contributed by atoms with E-state index in [0.29, 0.717) is 6.54 Å². The van der Waals surface area contributed by atoms with Gasteiger partial charge in [-0.1, -0.05) is 17.7 Å². The van der Waals surface area contributed by atoms with Gasteiger partial charge in [0.1, 0.15) is 0 Å². The number of carbonyl (C=O) groups excluding carboxylic acids is 1. The zero-order chi connectivity index (χ0) is 18.0. The average molecular weight is 334 g/mol. The van der Waals surface area contributed by atoms with Gasteiger partial charge in [-0.2, -0.15) is 5.10 Å². The monoisotopic (exact) mass is 334 g/mol. The fraction of sp³-hybridized carbons (Fsp3) is 0.250. The van der Waals surface area contributed by atoms with Crippen LogP contribution in [0, 0.1) is 20.8 Å². The molecule has 0 saturated carbocycles. The number of aromatic nitrogens is 3. The summed E-state index contributed by atoms with van der Waals surface area (Å²) in [5.74, 6) is -0.0539. The Labute approximate surface area is 147 Å². The zero-order valence-corrected chi connectivity index (χ0v) is 15.0. The first-order valence-electron chi connectivity index (χ1n) is 8.23. The van der Waals surface area contributed by atoms with Crippen LogP contribution in [0.1, 0.15) is 32.6 Å². The van der Waals surface area contributed by atoms with Crippen LogP contribution in [0.25, 0.3) is 11.1 Å². The second kappa shape index (κ2) is 6.89. The van der Waals surface area contributed by atoms with E-state index in [1.165, 1.54) is 5.56 Å². The van der Waals surface area contributed by atoms with E-state index in [0.717, 1.165) is 33.4 Å². The fourth-order valence-electron chi connectivity index (χ4n) is 3.12. The van der Waals surface area contributed by atoms with E-state index in [4.69, 9.17) is 0 Å². The first-order chi connectivity index (χ1) is 11.9. The Morgan fingerprint density at radius 3 is 2.40 bits per heavy atom. The molecule has 128 valence electrons. The molecule has 1 N–H and O–H groups in total. The molecule has 0 saturated heterocycles. The highest BCUT2D eigenvalue weighted by atomic mass is 16.1. The van der Waals surface area contributed by atoms with Gasteiger partial charge in [-0.05, 0) is 43.5 Å². The Bertz CT molecular complexity index is 904. The number of aryl methyl sites for hydroxylation is 4. The number of hydrogen-bond acceptors (Lipinski definition) is 3. The van der Waals surface area contributed by atoms with Crippen molar-refractivity contribution >= 4 is 5.91 Å². The molecule has 2 heterocycles. The highest BCUT2D eigenvalue weighted by molar-refractivity contribution is 5.97. The molecule has 0 atom stereocenters. The van der Waals surface area contributed by atoms with E-state index in [1.807, 2.05) is 52.2 Å². The van der Waals surface area contributed by atoms with Crippen molar-refractivity contribution in [1.82, 2.24) is 20.1 Å². The molecule has 3 rings (SSSR count). The number of pyridine rings is 1. The standard InChI is InChI=1S/C20H22N4O/c1-13-5-14(2)19(15(3)6-13)20(25)22-9-16-7-17(10-21-8-16)18-11-23-24(4)12-18/h5-8,10-12H,9H2,1-4H3,(H,22,25). The van der Waals surface area contributed by atoms with Crippen LogP contribution in [0.15, 0.2) is 43.0 Å². The molecular formula is C20H22N4O. The van der Waals surface area contributed by atoms with E-state index in [2.05, 4.69) is 15.4 Å². The first kappa shape index (κ1) is 16.9. The molecule has 0 aliphatic carbocycles. The van der Waals surface area contributed by atoms with Crippen molar-refractivity contribution in [2.45, 2.75) is 27.3 Å². The number of carbonyl (C=O) groups is 1. The largest absolute Gasteiger partial charge is 0.348 e. The molecule has 5 nitrogen and oxygen atoms in total. The number of amides is 1. The van der Waals surface area contributed by atoms with E-state index >= 15 is 0 Å². The third-order valence-electron chi connectivity index (χ3n) is 4.19. The summed E-state index contributed by atoms with van der Waals surface area (Å²) < 4.78 is 1.76. The lowest BCUT2D eigenvalue weighted by Crippen LogP contribution is -2.24. The molecule has 0 aliphatic heterocycles. The molecule has 0 aliphatic rings. The van der Waals surface area contributed by atoms with Gasteiger partial charge in [0.15, 0.2) is 0 Å². The van der Waals surface area contributed by atoms with Crippen molar-refractivity contribution in [3.8, 4) is 11.1 Å². The Kier molecular flexibility index (Phi) is 4.65. The van der Waals surface area contributed by atoms with Crippen molar-refractivity contribution in [2.75, 3.05) is 0 Å². The van der Waals surface area contributed by atoms with Crippen LogP contribution in [0.2, 0.25) is 0 Å². The van der Waals surface area contributed by atoms with Crippen molar-refractivity contribution in [2.24, 2.45) is 7.05 Å². The predicted molar refractivity (Wildman–Crippen MR) is 98.3 cm³/mol. The van der Waals surface area contributed by atoms with Gasteiger partial charge >= 0.3 is 0 Å². The fourth-order valence-corrected chi connectivity index (χ4v) is 3.12. The van der Waals surface area contributed by atoms with Gasteiger partial charge in [-0.15, -0.1) is 0 Å². The zero-order valence-electron chi connectivity index (χ0n) is 15.0. The number of rotatable bonds is 4. The maximum absolute atomic E-state index is 12.6. The molecule has 0 bridgehead atoms. The van der Waals surface area contributed by atoms with Crippen molar-refractivity contribution in [3.05, 3.63) is 70.8 Å². The summed E-state index contributed by atoms with van der Waals surface area (Å²) in [4.78, 5) is 16.9. The normalized spacial score (nSPS) is 10.7. The van der Waals surface area contributed by atoms with Crippen LogP contribution >= 0.6 is 0 Å². The molecule has 0 fully saturated rings. The highest BCUT2D eigenvalue weighted by Gasteiger charge is 2.12. The lowest BCUT2D eigenvalue weighted by Gasteiger charge is -2.12. The summed E-state index contributed by atoms with van der Waals surface area (Å²) in [6.07, 6.45) is 7.32. The maximum Gasteiger partial charge on any atom is 0.252 e. The van der Waals surface area contributed by atoms with Gasteiger partial charge < -0.3 is 5.32 Å². The van der Waals surface area contributed by atoms with Crippen LogP contribution in [0.5, 0.6) is 0 Å². The quantitative estimate of drug-likeness (QED) is 0.796. The number of nitrogens with zero attached hydrogens (tertiary/aromatic N) is 3. The lowest BCUT2D eigenvalue weighted by atomic mass is 9.99. The number of benzene rings is 1. The maximum atomic E-state index is 12.6. The minimum atomic E-state index is -0.0539. The Balaban J connectivity index is 1.75. The van der Waals surface area contributed by atoms with Gasteiger partial charge in [0.2, 0.25) is 0 Å². The van der Waals surface area contributed by atoms with Crippen LogP contribution < -0.4 is 5.32 Å². The summed E-state index contributed by atoms with van der Waals surface area (Å²) in [5.41, 5.74) is 6.87. The first-order valence-corrected chi connectivity index (χ1v) is 8.23. The average Bonchev–Trinajstić information content (AvgIpc) is 2.99. The molecule has 0 unspecified atom stereocenters. The highest BCUT2D eigenvalue weighted by Crippen LogP contribution is 2.19. The van der Waals surface area contributed by atoms with Gasteiger partial charge in [-0.25, -0.2) is 0 Å². The second-order valence-corrected chi connectivity index (χ2v) is 6.44. The predicted octanol–water partition coefficient (Wildman–Crippen LogP) is 3.34. The second-order valence-electron chi connectivity index (χ2n) is 6.44. The third-order valence-corrected chi connectivity index (χ3v) is 4.19. The molecule has 3 aromatic rings. The Morgan fingerprint density at radius 2 is 1.76 bits per heavy atom. The van der Waals surface area contributed by atoms with Crippen molar-refractivity contribution in [3.63, 3.8) is 0 Å². The summed E-state index contributed by atoms with van der Waals surface area (Å²) in [7, 11) is 1.88. The number of nitrogens with one attached hydrogen (secondary N) is 1. The van der Waals surface area contributed by atoms with Gasteiger partial charge in [0, 0.05) is 48.9 Å². The van der Waals surface area contributed by atoms with Gasteiger partial charge in [-0.3, -0.25) is 14.5 Å². The molecule has 25 heavy (non-hydrogen) atoms. The summed E-state index contributed by atoms with van der Waals surface area (Å²) in [5, 5.41) is 7.18. The van der Waals surface area contributed by atoms with E-state index in [1.54, 1.807) is 23.3 Å². The van der Waals surface area contributed by atoms with Crippen LogP contribution in [-0.2, 0) is 13.6 Å². The summed E-state index contributed by atoms with van der Waals surface area (Å²) in [6, 6.07) is 6.10. The van der Waals surface area contributed by atoms with Gasteiger partial charge in [0.25, 0.3) is 5.91 Å². The van der Waals surface area contributed by atoms with Crippen molar-refractivity contribution < 1.29 is 4.79 Å². The lowest BCUT2D eigenvalue weighted by molar-refractivity contribution is 0.0949. The Hall–Kier alpha value is -2.95. The topological polar surface area (TPSA) is 59.8 Å². The molecule has 0 spiro atoms. The SMILES string of the molecule is Cc1cc(C)c(C(=O)NCc2cncc(-c3cnn(C)c3)c2)c(C)c1. The molecule has 1 amide bonds. The van der Waals surface area contributed by atoms with Crippen LogP contribution in [0.3, 0.4) is 0 Å². The molecule has 5 heteroatoms. The molecular weight excluding hydrogens is 312 g/mol. The smallest absolute Gasteiger partial charge is 0.252 e. The molecule has 0 radical (unpaired) electrons. The molecule has 2 aromatic heterocycles. The van der Waals surface area contributed by atoms with E-state index in [-0.39, 0.29) is 5.91 Å². The minimum absolute atomic E-state index is 0.0539. The third kappa shape index (κ3) is 3.76. The Morgan fingerprint density at radius 1 is 1.04 bits per heavy atom. The molecule has 1 aromatic carbocycles. The van der Waals surface area contributed by atoms with Crippen molar-refractivity contribution in [1.29, 1.82) is 0 Å². The van der Waals surface area contributed by atoms with Gasteiger partial charge in [0.05, 0.1) is 6.20 Å². The van der Waals surface area contributed by atoms with Crippen LogP contribution in [0.4, 0.5) is 0 Å². The van der Waals surface area contributed by atoms with Crippen LogP contribution in [-0.4, -0.2) is 20.7 Å². The van der Waals surface area contributed by atoms with E-state index in [9.17, 15) is 4.79 Å². The summed E-state index contributed by atoms with van der Waals surface area (Å²) >= 11 is 0. The summed E-state index contributed by atoms with van der Waals surface area (Å²) in [6.45, 7) is 6.42. The minimum Gasteiger partial charge on any atom is -0.348 e. The number of hydrogen-bond donors (Lipinski definition) is 1.